The average molecular weight is 372 g/mol. The van der Waals surface area contributed by atoms with E-state index in [1.165, 1.54) is 11.8 Å². The van der Waals surface area contributed by atoms with Crippen molar-refractivity contribution < 1.29 is 14.3 Å². The van der Waals surface area contributed by atoms with Gasteiger partial charge in [0, 0.05) is 11.9 Å². The first-order valence-corrected chi connectivity index (χ1v) is 9.80. The number of carbonyl (C=O) groups is 2. The Morgan fingerprint density at radius 3 is 2.62 bits per heavy atom. The van der Waals surface area contributed by atoms with E-state index in [2.05, 4.69) is 24.1 Å². The second kappa shape index (κ2) is 9.38. The van der Waals surface area contributed by atoms with Crippen molar-refractivity contribution in [2.75, 3.05) is 11.6 Å². The number of benzene rings is 1. The average Bonchev–Trinajstić information content (AvgIpc) is 2.67. The van der Waals surface area contributed by atoms with Gasteiger partial charge < -0.3 is 10.1 Å². The number of thioether (sulfide) groups is 1. The molecule has 5 nitrogen and oxygen atoms in total. The summed E-state index contributed by atoms with van der Waals surface area (Å²) >= 11 is 1.36. The predicted molar refractivity (Wildman–Crippen MR) is 105 cm³/mol. The van der Waals surface area contributed by atoms with Crippen LogP contribution in [0.25, 0.3) is 0 Å². The minimum Gasteiger partial charge on any atom is -0.449 e. The van der Waals surface area contributed by atoms with Crippen LogP contribution in [0, 0.1) is 0 Å². The zero-order chi connectivity index (χ0) is 19.1. The summed E-state index contributed by atoms with van der Waals surface area (Å²) in [6, 6.07) is 11.0. The summed E-state index contributed by atoms with van der Waals surface area (Å²) in [7, 11) is 0. The van der Waals surface area contributed by atoms with Gasteiger partial charge in [-0.15, -0.1) is 11.8 Å². The molecule has 0 radical (unpaired) electrons. The maximum Gasteiger partial charge on any atom is 0.341 e. The van der Waals surface area contributed by atoms with Crippen LogP contribution in [0.4, 0.5) is 5.69 Å². The van der Waals surface area contributed by atoms with E-state index in [4.69, 9.17) is 4.74 Å². The minimum atomic E-state index is -0.914. The van der Waals surface area contributed by atoms with Gasteiger partial charge in [0.25, 0.3) is 5.91 Å². The van der Waals surface area contributed by atoms with Gasteiger partial charge in [-0.2, -0.15) is 0 Å². The highest BCUT2D eigenvalue weighted by molar-refractivity contribution is 7.98. The Balaban J connectivity index is 2.08. The lowest BCUT2D eigenvalue weighted by molar-refractivity contribution is -0.123. The number of hydrogen-bond acceptors (Lipinski definition) is 5. The quantitative estimate of drug-likeness (QED) is 0.572. The Kier molecular flexibility index (Phi) is 7.21. The van der Waals surface area contributed by atoms with Crippen LogP contribution in [0.1, 0.15) is 49.0 Å². The Morgan fingerprint density at radius 1 is 1.19 bits per heavy atom. The highest BCUT2D eigenvalue weighted by Crippen LogP contribution is 2.26. The molecule has 0 bridgehead atoms. The third kappa shape index (κ3) is 4.85. The summed E-state index contributed by atoms with van der Waals surface area (Å²) in [4.78, 5) is 29.0. The van der Waals surface area contributed by atoms with Crippen LogP contribution < -0.4 is 5.32 Å². The third-order valence-corrected chi connectivity index (χ3v) is 4.91. The normalized spacial score (nSPS) is 12.9. The molecule has 1 amide bonds. The Labute approximate surface area is 158 Å². The van der Waals surface area contributed by atoms with E-state index in [1.807, 2.05) is 30.5 Å². The fourth-order valence-electron chi connectivity index (χ4n) is 2.48. The SMILES string of the molecule is CC[C@H](C)c1ccccc1NC(=O)[C@@H](C)OC(=O)c1cccnc1SC. The number of para-hydroxylation sites is 1. The molecule has 1 heterocycles. The van der Waals surface area contributed by atoms with E-state index >= 15 is 0 Å². The maximum absolute atomic E-state index is 12.5. The van der Waals surface area contributed by atoms with Crippen molar-refractivity contribution in [3.8, 4) is 0 Å². The molecule has 0 unspecified atom stereocenters. The van der Waals surface area contributed by atoms with E-state index in [0.717, 1.165) is 17.7 Å². The molecule has 0 aliphatic heterocycles. The molecule has 0 spiro atoms. The summed E-state index contributed by atoms with van der Waals surface area (Å²) in [5, 5.41) is 3.45. The van der Waals surface area contributed by atoms with Gasteiger partial charge in [0.05, 0.1) is 5.56 Å². The van der Waals surface area contributed by atoms with Gasteiger partial charge in [0.15, 0.2) is 6.10 Å². The van der Waals surface area contributed by atoms with Crippen molar-refractivity contribution >= 4 is 29.3 Å². The van der Waals surface area contributed by atoms with Crippen LogP contribution in [-0.4, -0.2) is 29.2 Å². The third-order valence-electron chi connectivity index (χ3n) is 4.20. The molecule has 6 heteroatoms. The molecule has 1 aromatic carbocycles. The molecule has 1 N–H and O–H groups in total. The Hall–Kier alpha value is -2.34. The fourth-order valence-corrected chi connectivity index (χ4v) is 3.02. The van der Waals surface area contributed by atoms with Crippen LogP contribution >= 0.6 is 11.8 Å². The highest BCUT2D eigenvalue weighted by atomic mass is 32.2. The number of carbonyl (C=O) groups excluding carboxylic acids is 2. The summed E-state index contributed by atoms with van der Waals surface area (Å²) < 4.78 is 5.34. The van der Waals surface area contributed by atoms with Gasteiger partial charge in [-0.1, -0.05) is 32.0 Å². The lowest BCUT2D eigenvalue weighted by Gasteiger charge is -2.18. The topological polar surface area (TPSA) is 68.3 Å². The number of amides is 1. The van der Waals surface area contributed by atoms with Gasteiger partial charge in [-0.05, 0) is 49.3 Å². The van der Waals surface area contributed by atoms with E-state index in [1.54, 1.807) is 25.3 Å². The lowest BCUT2D eigenvalue weighted by Crippen LogP contribution is -2.30. The monoisotopic (exact) mass is 372 g/mol. The number of pyridine rings is 1. The molecule has 26 heavy (non-hydrogen) atoms. The van der Waals surface area contributed by atoms with Gasteiger partial charge in [-0.25, -0.2) is 9.78 Å². The van der Waals surface area contributed by atoms with Crippen molar-refractivity contribution in [2.24, 2.45) is 0 Å². The van der Waals surface area contributed by atoms with Crippen LogP contribution in [0.15, 0.2) is 47.6 Å². The second-order valence-corrected chi connectivity index (χ2v) is 6.79. The van der Waals surface area contributed by atoms with Gasteiger partial charge >= 0.3 is 5.97 Å². The first-order valence-electron chi connectivity index (χ1n) is 8.57. The Bertz CT molecular complexity index is 779. The molecule has 0 saturated heterocycles. The number of nitrogens with zero attached hydrogens (tertiary/aromatic N) is 1. The summed E-state index contributed by atoms with van der Waals surface area (Å²) in [6.45, 7) is 5.78. The number of esters is 1. The number of ether oxygens (including phenoxy) is 1. The number of nitrogens with one attached hydrogen (secondary N) is 1. The first-order chi connectivity index (χ1) is 12.5. The molecule has 0 aliphatic rings. The number of aromatic nitrogens is 1. The van der Waals surface area contributed by atoms with E-state index in [0.29, 0.717) is 16.5 Å². The summed E-state index contributed by atoms with van der Waals surface area (Å²) in [5.74, 6) is -0.590. The molecular formula is C20H24N2O3S. The van der Waals surface area contributed by atoms with Crippen LogP contribution in [0.5, 0.6) is 0 Å². The van der Waals surface area contributed by atoms with Gasteiger partial charge in [0.2, 0.25) is 0 Å². The molecule has 0 aliphatic carbocycles. The number of rotatable bonds is 7. The lowest BCUT2D eigenvalue weighted by atomic mass is 9.97. The van der Waals surface area contributed by atoms with Crippen LogP contribution in [-0.2, 0) is 9.53 Å². The molecule has 0 fully saturated rings. The fraction of sp³-hybridized carbons (Fsp3) is 0.350. The van der Waals surface area contributed by atoms with E-state index < -0.39 is 12.1 Å². The molecule has 0 saturated carbocycles. The second-order valence-electron chi connectivity index (χ2n) is 5.99. The van der Waals surface area contributed by atoms with Crippen molar-refractivity contribution in [1.82, 2.24) is 4.98 Å². The molecule has 2 atom stereocenters. The summed E-state index contributed by atoms with van der Waals surface area (Å²) in [6.07, 6.45) is 3.50. The molecule has 138 valence electrons. The van der Waals surface area contributed by atoms with Gasteiger partial charge in [-0.3, -0.25) is 4.79 Å². The number of anilines is 1. The van der Waals surface area contributed by atoms with Crippen molar-refractivity contribution in [2.45, 2.75) is 44.2 Å². The van der Waals surface area contributed by atoms with Crippen LogP contribution in [0.3, 0.4) is 0 Å². The first kappa shape index (κ1) is 20.0. The minimum absolute atomic E-state index is 0.323. The van der Waals surface area contributed by atoms with Gasteiger partial charge in [0.1, 0.15) is 5.03 Å². The highest BCUT2D eigenvalue weighted by Gasteiger charge is 2.22. The largest absolute Gasteiger partial charge is 0.449 e. The zero-order valence-corrected chi connectivity index (χ0v) is 16.3. The molecule has 2 rings (SSSR count). The van der Waals surface area contributed by atoms with E-state index in [-0.39, 0.29) is 5.91 Å². The number of hydrogen-bond donors (Lipinski definition) is 1. The van der Waals surface area contributed by atoms with Crippen molar-refractivity contribution in [1.29, 1.82) is 0 Å². The molecule has 2 aromatic rings. The van der Waals surface area contributed by atoms with Crippen LogP contribution in [0.2, 0.25) is 0 Å². The standard InChI is InChI=1S/C20H24N2O3S/c1-5-13(2)15-9-6-7-11-17(15)22-18(23)14(3)25-20(24)16-10-8-12-21-19(16)26-4/h6-14H,5H2,1-4H3,(H,22,23)/t13-,14+/m0/s1. The zero-order valence-electron chi connectivity index (χ0n) is 15.5. The summed E-state index contributed by atoms with van der Waals surface area (Å²) in [5.41, 5.74) is 2.18. The molecular weight excluding hydrogens is 348 g/mol. The van der Waals surface area contributed by atoms with Crippen molar-refractivity contribution in [3.63, 3.8) is 0 Å². The van der Waals surface area contributed by atoms with Crippen molar-refractivity contribution in [3.05, 3.63) is 53.7 Å². The predicted octanol–water partition coefficient (Wildman–Crippen LogP) is 4.50. The van der Waals surface area contributed by atoms with E-state index in [9.17, 15) is 9.59 Å². The Morgan fingerprint density at radius 2 is 1.92 bits per heavy atom. The maximum atomic E-state index is 12.5. The smallest absolute Gasteiger partial charge is 0.341 e. The molecule has 1 aromatic heterocycles.